The monoisotopic (exact) mass is 1050 g/mol. The van der Waals surface area contributed by atoms with Crippen LogP contribution in [0.4, 0.5) is 8.78 Å². The van der Waals surface area contributed by atoms with Crippen molar-refractivity contribution in [1.82, 2.24) is 26.1 Å². The summed E-state index contributed by atoms with van der Waals surface area (Å²) in [6.45, 7) is 8.69. The zero-order valence-electron chi connectivity index (χ0n) is 44.3. The molecule has 3 heterocycles. The van der Waals surface area contributed by atoms with Gasteiger partial charge in [0.1, 0.15) is 34.3 Å². The van der Waals surface area contributed by atoms with Gasteiger partial charge in [-0.25, -0.2) is 8.78 Å². The van der Waals surface area contributed by atoms with E-state index in [-0.39, 0.29) is 35.3 Å². The minimum Gasteiger partial charge on any atom is -0.455 e. The summed E-state index contributed by atoms with van der Waals surface area (Å²) in [5.74, 6) is 0.863. The Morgan fingerprint density at radius 1 is 0.481 bits per heavy atom. The van der Waals surface area contributed by atoms with Gasteiger partial charge in [0.25, 0.3) is 23.6 Å². The molecule has 0 aliphatic carbocycles. The summed E-state index contributed by atoms with van der Waals surface area (Å²) < 4.78 is 44.7. The van der Waals surface area contributed by atoms with Crippen molar-refractivity contribution in [3.05, 3.63) is 216 Å². The van der Waals surface area contributed by atoms with Crippen LogP contribution < -0.4 is 16.0 Å². The third kappa shape index (κ3) is 11.2. The topological polar surface area (TPSA) is 152 Å². The van der Waals surface area contributed by atoms with E-state index < -0.39 is 0 Å². The Labute approximate surface area is 455 Å². The van der Waals surface area contributed by atoms with Gasteiger partial charge >= 0.3 is 0 Å². The van der Waals surface area contributed by atoms with Crippen LogP contribution in [0.5, 0.6) is 0 Å². The van der Waals surface area contributed by atoms with E-state index in [0.717, 1.165) is 50.1 Å². The van der Waals surface area contributed by atoms with Crippen LogP contribution in [0, 0.1) is 17.6 Å². The van der Waals surface area contributed by atoms with Crippen LogP contribution in [0.2, 0.25) is 0 Å². The molecule has 11 rings (SSSR count). The first-order valence-electron chi connectivity index (χ1n) is 25.9. The molecule has 0 aliphatic heterocycles. The van der Waals surface area contributed by atoms with Crippen molar-refractivity contribution in [2.75, 3.05) is 20.6 Å². The van der Waals surface area contributed by atoms with Crippen LogP contribution >= 0.6 is 0 Å². The summed E-state index contributed by atoms with van der Waals surface area (Å²) in [6, 6.07) is 55.1. The van der Waals surface area contributed by atoms with E-state index in [9.17, 15) is 23.2 Å². The molecule has 0 unspecified atom stereocenters. The van der Waals surface area contributed by atoms with Crippen LogP contribution in [0.3, 0.4) is 0 Å². The van der Waals surface area contributed by atoms with Crippen molar-refractivity contribution >= 4 is 39.7 Å². The number of furan rings is 2. The summed E-state index contributed by atoms with van der Waals surface area (Å²) >= 11 is 0. The van der Waals surface area contributed by atoms with Crippen LogP contribution in [0.25, 0.3) is 101 Å². The standard InChI is InChI=1S/C39H33FN2O3.C27H22FN3O3/c1-24(2)23-42-38(43)33-21-28(14-18-32(33)30-11-7-10-27(20-30)25-8-5-4-6-9-25)29-15-19-35-34(22-29)36(39(44)41-3)37(45-35)26-12-16-31(40)17-13-26;1-15(2)25-30-27(34-31-25)19-6-4-5-17(13-19)18-9-12-22-21(14-18)23(26(32)29-3)24(33-22)16-7-10-20(28)11-8-16/h4-22,24H,23H2,1-3H3,(H,41,44)(H,42,43);4-15H,1-3H3,(H,29,32). The minimum atomic E-state index is -0.373. The molecule has 0 aliphatic rings. The molecule has 3 N–H and O–H groups in total. The molecule has 0 saturated carbocycles. The van der Waals surface area contributed by atoms with Crippen molar-refractivity contribution in [3.63, 3.8) is 0 Å². The Balaban J connectivity index is 0.000000185. The number of halogens is 2. The zero-order valence-corrected chi connectivity index (χ0v) is 44.3. The quantitative estimate of drug-likeness (QED) is 0.103. The number of fused-ring (bicyclic) bond motifs is 2. The molecule has 0 spiro atoms. The van der Waals surface area contributed by atoms with Gasteiger partial charge < -0.3 is 29.3 Å². The molecule has 0 atom stereocenters. The first-order valence-corrected chi connectivity index (χ1v) is 25.9. The van der Waals surface area contributed by atoms with Crippen molar-refractivity contribution in [3.8, 4) is 78.6 Å². The van der Waals surface area contributed by atoms with Crippen molar-refractivity contribution in [2.24, 2.45) is 5.92 Å². The predicted molar refractivity (Wildman–Crippen MR) is 306 cm³/mol. The number of hydrogen-bond donors (Lipinski definition) is 3. The molecule has 3 aromatic heterocycles. The Morgan fingerprint density at radius 2 is 0.937 bits per heavy atom. The number of benzene rings is 8. The predicted octanol–water partition coefficient (Wildman–Crippen LogP) is 15.4. The molecule has 0 bridgehead atoms. The summed E-state index contributed by atoms with van der Waals surface area (Å²) in [5, 5.41) is 13.8. The van der Waals surface area contributed by atoms with E-state index in [2.05, 4.69) is 64.2 Å². The van der Waals surface area contributed by atoms with E-state index >= 15 is 0 Å². The smallest absolute Gasteiger partial charge is 0.257 e. The molecule has 3 amide bonds. The second-order valence-electron chi connectivity index (χ2n) is 19.7. The molecule has 13 heteroatoms. The number of hydrogen-bond acceptors (Lipinski definition) is 8. The van der Waals surface area contributed by atoms with Gasteiger partial charge in [0, 0.05) is 59.6 Å². The van der Waals surface area contributed by atoms with E-state index in [1.54, 1.807) is 38.4 Å². The molecule has 0 radical (unpaired) electrons. The number of carbonyl (C=O) groups excluding carboxylic acids is 3. The van der Waals surface area contributed by atoms with Gasteiger partial charge in [-0.2, -0.15) is 4.98 Å². The van der Waals surface area contributed by atoms with Crippen LogP contribution in [0.1, 0.15) is 70.5 Å². The van der Waals surface area contributed by atoms with E-state index in [1.807, 2.05) is 123 Å². The second-order valence-corrected chi connectivity index (χ2v) is 19.7. The highest BCUT2D eigenvalue weighted by molar-refractivity contribution is 6.13. The molecule has 11 aromatic rings. The summed E-state index contributed by atoms with van der Waals surface area (Å²) in [4.78, 5) is 44.1. The Morgan fingerprint density at radius 3 is 1.46 bits per heavy atom. The maximum atomic E-state index is 13.7. The fourth-order valence-electron chi connectivity index (χ4n) is 9.34. The lowest BCUT2D eigenvalue weighted by Crippen LogP contribution is -2.27. The fourth-order valence-corrected chi connectivity index (χ4v) is 9.34. The van der Waals surface area contributed by atoms with Crippen molar-refractivity contribution in [1.29, 1.82) is 0 Å². The first-order chi connectivity index (χ1) is 38.3. The van der Waals surface area contributed by atoms with Gasteiger partial charge in [0.15, 0.2) is 5.82 Å². The molecule has 11 nitrogen and oxygen atoms in total. The zero-order chi connectivity index (χ0) is 55.3. The summed E-state index contributed by atoms with van der Waals surface area (Å²) in [7, 11) is 3.13. The van der Waals surface area contributed by atoms with Gasteiger partial charge in [-0.05, 0) is 147 Å². The molecular weight excluding hydrogens is 997 g/mol. The van der Waals surface area contributed by atoms with Crippen molar-refractivity contribution in [2.45, 2.75) is 33.6 Å². The van der Waals surface area contributed by atoms with E-state index in [1.165, 1.54) is 24.3 Å². The normalized spacial score (nSPS) is 11.2. The highest BCUT2D eigenvalue weighted by Crippen LogP contribution is 2.40. The highest BCUT2D eigenvalue weighted by atomic mass is 19.1. The van der Waals surface area contributed by atoms with Gasteiger partial charge in [-0.1, -0.05) is 118 Å². The molecule has 0 saturated heterocycles. The highest BCUT2D eigenvalue weighted by Gasteiger charge is 2.25. The lowest BCUT2D eigenvalue weighted by Gasteiger charge is -2.15. The molecule has 79 heavy (non-hydrogen) atoms. The van der Waals surface area contributed by atoms with Gasteiger partial charge in [0.2, 0.25) is 0 Å². The number of nitrogens with one attached hydrogen (secondary N) is 3. The number of rotatable bonds is 13. The summed E-state index contributed by atoms with van der Waals surface area (Å²) in [5.41, 5.74) is 11.8. The second kappa shape index (κ2) is 22.8. The third-order valence-corrected chi connectivity index (χ3v) is 13.4. The largest absolute Gasteiger partial charge is 0.455 e. The lowest BCUT2D eigenvalue weighted by atomic mass is 9.92. The van der Waals surface area contributed by atoms with E-state index in [4.69, 9.17) is 13.4 Å². The maximum absolute atomic E-state index is 13.7. The molecule has 0 fully saturated rings. The Hall–Kier alpha value is -9.75. The average molecular weight is 1050 g/mol. The number of carbonyl (C=O) groups is 3. The SMILES string of the molecule is CNC(=O)c1c(-c2ccc(F)cc2)oc2ccc(-c3ccc(-c4cccc(-c5ccccc5)c4)c(C(=O)NCC(C)C)c3)cc12.CNC(=O)c1c(-c2ccc(F)cc2)oc2ccc(-c3cccc(-c4nc(C(C)C)no4)c3)cc12. The molecular formula is C66H55F2N5O6. The van der Waals surface area contributed by atoms with E-state index in [0.29, 0.717) is 85.5 Å². The van der Waals surface area contributed by atoms with Gasteiger partial charge in [0.05, 0.1) is 11.1 Å². The number of amides is 3. The summed E-state index contributed by atoms with van der Waals surface area (Å²) in [6.07, 6.45) is 0. The first kappa shape index (κ1) is 52.7. The van der Waals surface area contributed by atoms with Crippen LogP contribution in [0.15, 0.2) is 195 Å². The minimum absolute atomic E-state index is 0.153. The molecule has 394 valence electrons. The number of aromatic nitrogens is 2. The Kier molecular flexibility index (Phi) is 15.2. The number of nitrogens with zero attached hydrogens (tertiary/aromatic N) is 2. The Bertz CT molecular complexity index is 4030. The van der Waals surface area contributed by atoms with Crippen LogP contribution in [-0.2, 0) is 0 Å². The maximum Gasteiger partial charge on any atom is 0.257 e. The van der Waals surface area contributed by atoms with Gasteiger partial charge in [-0.3, -0.25) is 14.4 Å². The van der Waals surface area contributed by atoms with Gasteiger partial charge in [-0.15, -0.1) is 0 Å². The average Bonchev–Trinajstić information content (AvgIpc) is 4.46. The lowest BCUT2D eigenvalue weighted by molar-refractivity contribution is 0.0945. The molecule has 8 aromatic carbocycles. The van der Waals surface area contributed by atoms with Crippen LogP contribution in [-0.4, -0.2) is 48.5 Å². The van der Waals surface area contributed by atoms with Crippen molar-refractivity contribution < 1.29 is 36.5 Å². The third-order valence-electron chi connectivity index (χ3n) is 13.4. The fraction of sp³-hybridized carbons (Fsp3) is 0.136.